The summed E-state index contributed by atoms with van der Waals surface area (Å²) in [6.45, 7) is 5.72. The number of aromatic nitrogens is 2. The lowest BCUT2D eigenvalue weighted by molar-refractivity contribution is 0.765. The Bertz CT molecular complexity index is 669. The van der Waals surface area contributed by atoms with Crippen LogP contribution in [0.25, 0.3) is 5.65 Å². The molecule has 120 valence electrons. The number of nitrogens with one attached hydrogen (secondary N) is 2. The van der Waals surface area contributed by atoms with Crippen LogP contribution >= 0.6 is 35.6 Å². The van der Waals surface area contributed by atoms with Gasteiger partial charge >= 0.3 is 0 Å². The molecule has 1 aliphatic carbocycles. The third-order valence-electron chi connectivity index (χ3n) is 3.64. The minimum absolute atomic E-state index is 0. The molecule has 0 amide bonds. The molecule has 22 heavy (non-hydrogen) atoms. The number of guanidine groups is 1. The minimum Gasteiger partial charge on any atom is -0.357 e. The van der Waals surface area contributed by atoms with Gasteiger partial charge in [-0.15, -0.1) is 24.0 Å². The Morgan fingerprint density at radius 1 is 1.45 bits per heavy atom. The summed E-state index contributed by atoms with van der Waals surface area (Å²) >= 11 is 5.98. The molecule has 0 aliphatic heterocycles. The molecule has 2 aromatic heterocycles. The zero-order valence-corrected chi connectivity index (χ0v) is 15.8. The van der Waals surface area contributed by atoms with Crippen molar-refractivity contribution in [2.45, 2.75) is 32.9 Å². The van der Waals surface area contributed by atoms with E-state index >= 15 is 0 Å². The van der Waals surface area contributed by atoms with Gasteiger partial charge in [-0.05, 0) is 31.4 Å². The summed E-state index contributed by atoms with van der Waals surface area (Å²) < 4.78 is 1.93. The molecule has 1 aliphatic rings. The van der Waals surface area contributed by atoms with E-state index in [1.165, 1.54) is 6.42 Å². The maximum atomic E-state index is 5.98. The Kier molecular flexibility index (Phi) is 5.91. The second-order valence-electron chi connectivity index (χ2n) is 5.50. The molecule has 0 spiro atoms. The monoisotopic (exact) mass is 433 g/mol. The standard InChI is InChI=1S/C15H20ClN5.HI/c1-3-17-15(20-13-6-10(13)2)18-7-12-9-21-8-11(16)4-5-14(21)19-12;/h4-5,8-10,13H,3,6-7H2,1-2H3,(H2,17,18,20);1H. The van der Waals surface area contributed by atoms with Crippen LogP contribution in [0.5, 0.6) is 0 Å². The zero-order chi connectivity index (χ0) is 14.8. The van der Waals surface area contributed by atoms with Crippen LogP contribution in [0.4, 0.5) is 0 Å². The molecule has 2 aromatic rings. The summed E-state index contributed by atoms with van der Waals surface area (Å²) in [4.78, 5) is 9.14. The number of nitrogens with zero attached hydrogens (tertiary/aromatic N) is 3. The Hall–Kier alpha value is -1.02. The van der Waals surface area contributed by atoms with Gasteiger partial charge in [0.05, 0.1) is 17.3 Å². The first-order chi connectivity index (χ1) is 10.2. The first kappa shape index (κ1) is 17.3. The Morgan fingerprint density at radius 3 is 2.91 bits per heavy atom. The minimum atomic E-state index is 0. The number of pyridine rings is 1. The van der Waals surface area contributed by atoms with E-state index in [1.54, 1.807) is 0 Å². The predicted octanol–water partition coefficient (Wildman–Crippen LogP) is 3.07. The van der Waals surface area contributed by atoms with E-state index in [9.17, 15) is 0 Å². The summed E-state index contributed by atoms with van der Waals surface area (Å²) in [5, 5.41) is 7.41. The van der Waals surface area contributed by atoms with Crippen molar-refractivity contribution < 1.29 is 0 Å². The molecule has 3 rings (SSSR count). The van der Waals surface area contributed by atoms with E-state index in [4.69, 9.17) is 11.6 Å². The van der Waals surface area contributed by atoms with Gasteiger partial charge < -0.3 is 15.0 Å². The Balaban J connectivity index is 0.00000176. The summed E-state index contributed by atoms with van der Waals surface area (Å²) in [6.07, 6.45) is 5.04. The third-order valence-corrected chi connectivity index (χ3v) is 3.86. The number of halogens is 2. The molecule has 5 nitrogen and oxygen atoms in total. The fraction of sp³-hybridized carbons (Fsp3) is 0.467. The van der Waals surface area contributed by atoms with Gasteiger partial charge in [0.25, 0.3) is 0 Å². The van der Waals surface area contributed by atoms with Gasteiger partial charge in [0.2, 0.25) is 0 Å². The fourth-order valence-electron chi connectivity index (χ4n) is 2.27. The molecule has 2 heterocycles. The van der Waals surface area contributed by atoms with E-state index in [0.717, 1.165) is 29.8 Å². The molecule has 0 radical (unpaired) electrons. The molecular weight excluding hydrogens is 413 g/mol. The Morgan fingerprint density at radius 2 is 2.23 bits per heavy atom. The highest BCUT2D eigenvalue weighted by Gasteiger charge is 2.33. The lowest BCUT2D eigenvalue weighted by Crippen LogP contribution is -2.39. The van der Waals surface area contributed by atoms with Gasteiger partial charge in [-0.2, -0.15) is 0 Å². The molecule has 7 heteroatoms. The zero-order valence-electron chi connectivity index (χ0n) is 12.7. The highest BCUT2D eigenvalue weighted by atomic mass is 127. The van der Waals surface area contributed by atoms with Gasteiger partial charge in [-0.3, -0.25) is 0 Å². The van der Waals surface area contributed by atoms with Crippen molar-refractivity contribution in [2.24, 2.45) is 10.9 Å². The lowest BCUT2D eigenvalue weighted by Gasteiger charge is -2.10. The maximum absolute atomic E-state index is 5.98. The summed E-state index contributed by atoms with van der Waals surface area (Å²) in [5.41, 5.74) is 1.82. The largest absolute Gasteiger partial charge is 0.357 e. The van der Waals surface area contributed by atoms with E-state index in [0.29, 0.717) is 17.6 Å². The number of hydrogen-bond acceptors (Lipinski definition) is 2. The van der Waals surface area contributed by atoms with Crippen molar-refractivity contribution >= 4 is 47.2 Å². The topological polar surface area (TPSA) is 53.7 Å². The second-order valence-corrected chi connectivity index (χ2v) is 5.94. The van der Waals surface area contributed by atoms with Crippen molar-refractivity contribution in [1.82, 2.24) is 20.0 Å². The highest BCUT2D eigenvalue weighted by Crippen LogP contribution is 2.28. The van der Waals surface area contributed by atoms with Crippen LogP contribution in [0.2, 0.25) is 5.02 Å². The summed E-state index contributed by atoms with van der Waals surface area (Å²) in [5.74, 6) is 1.60. The SMILES string of the molecule is CCNC(=NCc1cn2cc(Cl)ccc2n1)NC1CC1C.I. The molecule has 2 unspecified atom stereocenters. The summed E-state index contributed by atoms with van der Waals surface area (Å²) in [7, 11) is 0. The van der Waals surface area contributed by atoms with Crippen LogP contribution in [0, 0.1) is 5.92 Å². The fourth-order valence-corrected chi connectivity index (χ4v) is 2.44. The van der Waals surface area contributed by atoms with Crippen molar-refractivity contribution in [1.29, 1.82) is 0 Å². The molecule has 0 bridgehead atoms. The number of rotatable bonds is 4. The van der Waals surface area contributed by atoms with Crippen LogP contribution in [-0.4, -0.2) is 27.9 Å². The van der Waals surface area contributed by atoms with E-state index < -0.39 is 0 Å². The quantitative estimate of drug-likeness (QED) is 0.443. The molecule has 2 N–H and O–H groups in total. The third kappa shape index (κ3) is 4.25. The van der Waals surface area contributed by atoms with Crippen LogP contribution in [0.15, 0.2) is 29.5 Å². The Labute approximate surface area is 152 Å². The molecule has 0 saturated heterocycles. The lowest BCUT2D eigenvalue weighted by atomic mass is 10.4. The number of hydrogen-bond donors (Lipinski definition) is 2. The number of aliphatic imine (C=N–C) groups is 1. The van der Waals surface area contributed by atoms with Gasteiger partial charge in [0, 0.05) is 25.0 Å². The maximum Gasteiger partial charge on any atom is 0.191 e. The molecule has 0 aromatic carbocycles. The van der Waals surface area contributed by atoms with E-state index in [1.807, 2.05) is 28.9 Å². The molecule has 1 fully saturated rings. The number of fused-ring (bicyclic) bond motifs is 1. The van der Waals surface area contributed by atoms with Crippen LogP contribution in [-0.2, 0) is 6.54 Å². The van der Waals surface area contributed by atoms with Crippen molar-refractivity contribution in [3.8, 4) is 0 Å². The van der Waals surface area contributed by atoms with Crippen LogP contribution < -0.4 is 10.6 Å². The predicted molar refractivity (Wildman–Crippen MR) is 101 cm³/mol. The molecule has 1 saturated carbocycles. The smallest absolute Gasteiger partial charge is 0.191 e. The van der Waals surface area contributed by atoms with Gasteiger partial charge in [-0.1, -0.05) is 18.5 Å². The first-order valence-corrected chi connectivity index (χ1v) is 7.71. The van der Waals surface area contributed by atoms with Crippen molar-refractivity contribution in [3.05, 3.63) is 35.2 Å². The van der Waals surface area contributed by atoms with Gasteiger partial charge in [0.1, 0.15) is 5.65 Å². The van der Waals surface area contributed by atoms with E-state index in [-0.39, 0.29) is 24.0 Å². The molecule has 2 atom stereocenters. The van der Waals surface area contributed by atoms with E-state index in [2.05, 4.69) is 34.5 Å². The van der Waals surface area contributed by atoms with Crippen LogP contribution in [0.3, 0.4) is 0 Å². The second kappa shape index (κ2) is 7.50. The van der Waals surface area contributed by atoms with Crippen LogP contribution in [0.1, 0.15) is 26.0 Å². The highest BCUT2D eigenvalue weighted by molar-refractivity contribution is 14.0. The number of imidazole rings is 1. The normalized spacial score (nSPS) is 20.6. The van der Waals surface area contributed by atoms with Gasteiger partial charge in [0.15, 0.2) is 5.96 Å². The average molecular weight is 434 g/mol. The molecular formula is C15H21ClIN5. The summed E-state index contributed by atoms with van der Waals surface area (Å²) in [6, 6.07) is 4.31. The first-order valence-electron chi connectivity index (χ1n) is 7.33. The van der Waals surface area contributed by atoms with Gasteiger partial charge in [-0.25, -0.2) is 9.98 Å². The van der Waals surface area contributed by atoms with Crippen molar-refractivity contribution in [3.63, 3.8) is 0 Å². The van der Waals surface area contributed by atoms with Crippen molar-refractivity contribution in [2.75, 3.05) is 6.54 Å². The average Bonchev–Trinajstić information content (AvgIpc) is 2.99.